The fourth-order valence-electron chi connectivity index (χ4n) is 9.77. The lowest BCUT2D eigenvalue weighted by atomic mass is 9.67. The first-order valence-electron chi connectivity index (χ1n) is 21.1. The Bertz CT molecular complexity index is 3410. The van der Waals surface area contributed by atoms with Crippen LogP contribution in [-0.4, -0.2) is 9.97 Å². The molecule has 0 saturated carbocycles. The molecule has 12 rings (SSSR count). The van der Waals surface area contributed by atoms with Gasteiger partial charge < -0.3 is 0 Å². The molecule has 2 aromatic heterocycles. The Morgan fingerprint density at radius 3 is 1.55 bits per heavy atom. The van der Waals surface area contributed by atoms with Crippen molar-refractivity contribution in [3.05, 3.63) is 253 Å². The highest BCUT2D eigenvalue weighted by atomic mass is 32.1. The van der Waals surface area contributed by atoms with Gasteiger partial charge in [0.25, 0.3) is 0 Å². The fraction of sp³-hybridized carbons (Fsp3) is 0.0169. The van der Waals surface area contributed by atoms with Crippen LogP contribution in [0.25, 0.3) is 87.5 Å². The molecule has 0 radical (unpaired) electrons. The zero-order chi connectivity index (χ0) is 41.0. The lowest BCUT2D eigenvalue weighted by molar-refractivity contribution is 0.768. The number of aromatic nitrogens is 2. The van der Waals surface area contributed by atoms with E-state index in [1.807, 2.05) is 17.4 Å². The molecule has 0 atom stereocenters. The molecular formula is C59H38N2S. The van der Waals surface area contributed by atoms with Gasteiger partial charge in [0.05, 0.1) is 16.8 Å². The number of benzene rings is 9. The molecule has 62 heavy (non-hydrogen) atoms. The van der Waals surface area contributed by atoms with Crippen LogP contribution in [0.5, 0.6) is 0 Å². The monoisotopic (exact) mass is 806 g/mol. The van der Waals surface area contributed by atoms with Crippen LogP contribution in [0.4, 0.5) is 0 Å². The zero-order valence-corrected chi connectivity index (χ0v) is 34.6. The van der Waals surface area contributed by atoms with Crippen LogP contribution >= 0.6 is 11.3 Å². The van der Waals surface area contributed by atoms with Crippen molar-refractivity contribution in [1.29, 1.82) is 0 Å². The third-order valence-electron chi connectivity index (χ3n) is 12.6. The first kappa shape index (κ1) is 36.2. The number of hydrogen-bond acceptors (Lipinski definition) is 3. The standard InChI is InChI=1S/C59H38N2S/c1-5-17-39(18-6-1)46-32-29-42(36-50(46)41-31-34-57-51(35-41)49-26-14-16-28-56(49)62-57)54-38-55(61-58(60-54)40-19-7-2-8-20-40)43-30-33-48-47-25-13-15-27-52(47)59(53(48)37-43,44-21-9-3-10-22-44)45-23-11-4-12-24-45/h1-38H. The summed E-state index contributed by atoms with van der Waals surface area (Å²) < 4.78 is 2.60. The zero-order valence-electron chi connectivity index (χ0n) is 33.7. The molecule has 9 aromatic carbocycles. The van der Waals surface area contributed by atoms with E-state index in [1.165, 1.54) is 70.2 Å². The molecule has 0 spiro atoms. The largest absolute Gasteiger partial charge is 0.228 e. The van der Waals surface area contributed by atoms with E-state index in [2.05, 4.69) is 224 Å². The number of fused-ring (bicyclic) bond motifs is 6. The van der Waals surface area contributed by atoms with E-state index < -0.39 is 5.41 Å². The highest BCUT2D eigenvalue weighted by Crippen LogP contribution is 2.56. The van der Waals surface area contributed by atoms with Gasteiger partial charge in [0.2, 0.25) is 0 Å². The molecule has 0 amide bonds. The van der Waals surface area contributed by atoms with E-state index in [1.54, 1.807) is 0 Å². The normalized spacial score (nSPS) is 12.6. The van der Waals surface area contributed by atoms with E-state index in [0.717, 1.165) is 33.6 Å². The Morgan fingerprint density at radius 2 is 0.839 bits per heavy atom. The van der Waals surface area contributed by atoms with Crippen molar-refractivity contribution < 1.29 is 0 Å². The molecule has 3 heteroatoms. The number of thiophene rings is 1. The quantitative estimate of drug-likeness (QED) is 0.160. The average Bonchev–Trinajstić information content (AvgIpc) is 3.88. The summed E-state index contributed by atoms with van der Waals surface area (Å²) in [5, 5.41) is 2.57. The summed E-state index contributed by atoms with van der Waals surface area (Å²) in [7, 11) is 0. The van der Waals surface area contributed by atoms with Crippen LogP contribution < -0.4 is 0 Å². The molecule has 11 aromatic rings. The van der Waals surface area contributed by atoms with Crippen LogP contribution in [0.15, 0.2) is 231 Å². The van der Waals surface area contributed by atoms with Gasteiger partial charge in [-0.15, -0.1) is 11.3 Å². The molecule has 1 aliphatic rings. The lowest BCUT2D eigenvalue weighted by Gasteiger charge is -2.34. The average molecular weight is 807 g/mol. The van der Waals surface area contributed by atoms with Crippen molar-refractivity contribution in [3.63, 3.8) is 0 Å². The minimum Gasteiger partial charge on any atom is -0.228 e. The van der Waals surface area contributed by atoms with Crippen LogP contribution in [0.1, 0.15) is 22.3 Å². The maximum Gasteiger partial charge on any atom is 0.160 e. The molecule has 0 aliphatic heterocycles. The summed E-state index contributed by atoms with van der Waals surface area (Å²) in [5.41, 5.74) is 16.5. The Labute approximate surface area is 365 Å². The Kier molecular flexibility index (Phi) is 8.62. The molecule has 2 heterocycles. The fourth-order valence-corrected chi connectivity index (χ4v) is 10.9. The molecular weight excluding hydrogens is 769 g/mol. The van der Waals surface area contributed by atoms with Crippen molar-refractivity contribution in [2.45, 2.75) is 5.41 Å². The third kappa shape index (κ3) is 5.85. The van der Waals surface area contributed by atoms with Gasteiger partial charge in [-0.05, 0) is 92.0 Å². The van der Waals surface area contributed by atoms with Gasteiger partial charge in [0.1, 0.15) is 0 Å². The highest BCUT2D eigenvalue weighted by molar-refractivity contribution is 7.25. The minimum absolute atomic E-state index is 0.514. The van der Waals surface area contributed by atoms with E-state index >= 15 is 0 Å². The first-order valence-corrected chi connectivity index (χ1v) is 22.0. The van der Waals surface area contributed by atoms with Gasteiger partial charge in [-0.25, -0.2) is 9.97 Å². The summed E-state index contributed by atoms with van der Waals surface area (Å²) in [6.07, 6.45) is 0. The minimum atomic E-state index is -0.514. The van der Waals surface area contributed by atoms with Crippen molar-refractivity contribution in [1.82, 2.24) is 9.97 Å². The smallest absolute Gasteiger partial charge is 0.160 e. The van der Waals surface area contributed by atoms with E-state index in [-0.39, 0.29) is 0 Å². The summed E-state index contributed by atoms with van der Waals surface area (Å²) in [5.74, 6) is 0.694. The molecule has 0 bridgehead atoms. The van der Waals surface area contributed by atoms with Crippen molar-refractivity contribution >= 4 is 31.5 Å². The first-order chi connectivity index (χ1) is 30.7. The van der Waals surface area contributed by atoms with E-state index in [9.17, 15) is 0 Å². The van der Waals surface area contributed by atoms with Crippen molar-refractivity contribution in [2.24, 2.45) is 0 Å². The Morgan fingerprint density at radius 1 is 0.306 bits per heavy atom. The van der Waals surface area contributed by atoms with Gasteiger partial charge >= 0.3 is 0 Å². The van der Waals surface area contributed by atoms with Gasteiger partial charge in [-0.1, -0.05) is 194 Å². The van der Waals surface area contributed by atoms with Crippen LogP contribution in [0.2, 0.25) is 0 Å². The van der Waals surface area contributed by atoms with Gasteiger partial charge in [0.15, 0.2) is 5.82 Å². The Balaban J connectivity index is 1.07. The number of nitrogens with zero attached hydrogens (tertiary/aromatic N) is 2. The molecule has 1 aliphatic carbocycles. The Hall–Kier alpha value is -7.72. The summed E-state index contributed by atoms with van der Waals surface area (Å²) in [6.45, 7) is 0. The lowest BCUT2D eigenvalue weighted by Crippen LogP contribution is -2.28. The molecule has 2 nitrogen and oxygen atoms in total. The molecule has 0 unspecified atom stereocenters. The second kappa shape index (κ2) is 14.8. The predicted octanol–water partition coefficient (Wildman–Crippen LogP) is 15.5. The maximum absolute atomic E-state index is 5.36. The highest BCUT2D eigenvalue weighted by Gasteiger charge is 2.46. The predicted molar refractivity (Wildman–Crippen MR) is 259 cm³/mol. The number of rotatable bonds is 7. The topological polar surface area (TPSA) is 25.8 Å². The summed E-state index contributed by atoms with van der Waals surface area (Å²) in [4.78, 5) is 10.7. The summed E-state index contributed by atoms with van der Waals surface area (Å²) >= 11 is 1.85. The van der Waals surface area contributed by atoms with Crippen LogP contribution in [0, 0.1) is 0 Å². The van der Waals surface area contributed by atoms with Gasteiger partial charge in [-0.2, -0.15) is 0 Å². The number of hydrogen-bond donors (Lipinski definition) is 0. The molecule has 0 fully saturated rings. The molecule has 0 N–H and O–H groups in total. The van der Waals surface area contributed by atoms with Crippen LogP contribution in [0.3, 0.4) is 0 Å². The SMILES string of the molecule is c1ccc(-c2nc(-c3ccc(-c4ccccc4)c(-c4ccc5sc6ccccc6c5c4)c3)cc(-c3ccc4c(c3)C(c3ccccc3)(c3ccccc3)c3ccccc3-4)n2)cc1. The molecule has 290 valence electrons. The third-order valence-corrected chi connectivity index (χ3v) is 13.8. The van der Waals surface area contributed by atoms with Gasteiger partial charge in [-0.3, -0.25) is 0 Å². The second-order valence-electron chi connectivity index (χ2n) is 16.1. The summed E-state index contributed by atoms with van der Waals surface area (Å²) in [6, 6.07) is 83.5. The van der Waals surface area contributed by atoms with Crippen molar-refractivity contribution in [3.8, 4) is 67.3 Å². The van der Waals surface area contributed by atoms with E-state index in [0.29, 0.717) is 5.82 Å². The molecule has 0 saturated heterocycles. The van der Waals surface area contributed by atoms with Gasteiger partial charge in [0, 0.05) is 36.9 Å². The maximum atomic E-state index is 5.36. The second-order valence-corrected chi connectivity index (χ2v) is 17.1. The van der Waals surface area contributed by atoms with Crippen LogP contribution in [-0.2, 0) is 5.41 Å². The van der Waals surface area contributed by atoms with E-state index in [4.69, 9.17) is 9.97 Å². The van der Waals surface area contributed by atoms with Crippen molar-refractivity contribution in [2.75, 3.05) is 0 Å².